The first-order chi connectivity index (χ1) is 13.4. The number of methoxy groups -OCH3 is 2. The summed E-state index contributed by atoms with van der Waals surface area (Å²) in [7, 11) is 3.13. The van der Waals surface area contributed by atoms with Gasteiger partial charge in [0.1, 0.15) is 11.9 Å². The van der Waals surface area contributed by atoms with Crippen molar-refractivity contribution in [3.63, 3.8) is 0 Å². The quantitative estimate of drug-likeness (QED) is 0.784. The van der Waals surface area contributed by atoms with Gasteiger partial charge < -0.3 is 19.1 Å². The minimum Gasteiger partial charge on any atom is -0.493 e. The molecule has 1 amide bonds. The number of hydrogen-bond donors (Lipinski definition) is 0. The average Bonchev–Trinajstić information content (AvgIpc) is 2.68. The molecule has 6 heteroatoms. The van der Waals surface area contributed by atoms with Crippen LogP contribution in [0.4, 0.5) is 4.39 Å². The molecule has 1 atom stereocenters. The molecule has 1 fully saturated rings. The van der Waals surface area contributed by atoms with Crippen molar-refractivity contribution in [3.8, 4) is 11.5 Å². The fraction of sp³-hybridized carbons (Fsp3) is 0.409. The van der Waals surface area contributed by atoms with Crippen LogP contribution in [0.2, 0.25) is 0 Å². The smallest absolute Gasteiger partial charge is 0.227 e. The van der Waals surface area contributed by atoms with Gasteiger partial charge in [-0.05, 0) is 37.6 Å². The first-order valence-electron chi connectivity index (χ1n) is 9.23. The van der Waals surface area contributed by atoms with Crippen molar-refractivity contribution in [3.05, 3.63) is 59.4 Å². The molecule has 5 nitrogen and oxygen atoms in total. The Morgan fingerprint density at radius 1 is 1.18 bits per heavy atom. The molecule has 1 unspecified atom stereocenters. The Morgan fingerprint density at radius 3 is 2.57 bits per heavy atom. The third-order valence-corrected chi connectivity index (χ3v) is 5.07. The molecule has 0 radical (unpaired) electrons. The van der Waals surface area contributed by atoms with E-state index in [1.54, 1.807) is 49.5 Å². The number of ether oxygens (including phenoxy) is 3. The number of carbonyl (C=O) groups excluding carboxylic acids is 1. The number of nitrogens with zero attached hydrogens (tertiary/aromatic N) is 1. The Morgan fingerprint density at radius 2 is 1.89 bits per heavy atom. The zero-order valence-electron chi connectivity index (χ0n) is 16.7. The van der Waals surface area contributed by atoms with Gasteiger partial charge in [0.25, 0.3) is 0 Å². The zero-order chi connectivity index (χ0) is 20.3. The minimum atomic E-state index is -0.483. The maximum Gasteiger partial charge on any atom is 0.227 e. The molecular weight excluding hydrogens is 361 g/mol. The fourth-order valence-corrected chi connectivity index (χ4v) is 3.47. The Bertz CT molecular complexity index is 852. The zero-order valence-corrected chi connectivity index (χ0v) is 16.7. The molecule has 1 aliphatic rings. The van der Waals surface area contributed by atoms with Crippen LogP contribution in [0.25, 0.3) is 0 Å². The van der Waals surface area contributed by atoms with Gasteiger partial charge in [0.15, 0.2) is 11.5 Å². The highest BCUT2D eigenvalue weighted by atomic mass is 19.1. The largest absolute Gasteiger partial charge is 0.493 e. The van der Waals surface area contributed by atoms with E-state index in [4.69, 9.17) is 14.2 Å². The summed E-state index contributed by atoms with van der Waals surface area (Å²) in [6.07, 6.45) is -0.267. The molecule has 1 saturated heterocycles. The van der Waals surface area contributed by atoms with Crippen LogP contribution >= 0.6 is 0 Å². The molecule has 1 heterocycles. The lowest BCUT2D eigenvalue weighted by Gasteiger charge is -2.45. The van der Waals surface area contributed by atoms with E-state index in [1.807, 2.05) is 19.9 Å². The summed E-state index contributed by atoms with van der Waals surface area (Å²) in [6, 6.07) is 12.0. The summed E-state index contributed by atoms with van der Waals surface area (Å²) in [5.74, 6) is 0.838. The van der Waals surface area contributed by atoms with E-state index in [-0.39, 0.29) is 18.1 Å². The van der Waals surface area contributed by atoms with Gasteiger partial charge in [-0.15, -0.1) is 0 Å². The van der Waals surface area contributed by atoms with Gasteiger partial charge in [0.05, 0.1) is 39.3 Å². The summed E-state index contributed by atoms with van der Waals surface area (Å²) in [5, 5.41) is 0. The number of amides is 1. The van der Waals surface area contributed by atoms with Crippen LogP contribution in [0.5, 0.6) is 11.5 Å². The van der Waals surface area contributed by atoms with E-state index in [1.165, 1.54) is 6.07 Å². The van der Waals surface area contributed by atoms with Crippen LogP contribution in [-0.4, -0.2) is 43.7 Å². The SMILES string of the molecule is COc1ccc(CC(=O)N2CC(c3ccccc3F)OCC2(C)C)cc1OC. The van der Waals surface area contributed by atoms with E-state index in [9.17, 15) is 9.18 Å². The summed E-state index contributed by atoms with van der Waals surface area (Å²) in [4.78, 5) is 14.9. The van der Waals surface area contributed by atoms with Crippen molar-refractivity contribution in [1.82, 2.24) is 4.90 Å². The normalized spacial score (nSPS) is 18.6. The van der Waals surface area contributed by atoms with Gasteiger partial charge in [0, 0.05) is 5.56 Å². The molecule has 0 spiro atoms. The molecule has 0 bridgehead atoms. The average molecular weight is 387 g/mol. The standard InChI is InChI=1S/C22H26FNO4/c1-22(2)14-28-20(16-7-5-6-8-17(16)23)13-24(22)21(25)12-15-9-10-18(26-3)19(11-15)27-4/h5-11,20H,12-14H2,1-4H3. The van der Waals surface area contributed by atoms with Crippen molar-refractivity contribution in [2.45, 2.75) is 31.9 Å². The fourth-order valence-electron chi connectivity index (χ4n) is 3.47. The van der Waals surface area contributed by atoms with E-state index < -0.39 is 11.6 Å². The molecule has 0 N–H and O–H groups in total. The van der Waals surface area contributed by atoms with Crippen molar-refractivity contribution in [1.29, 1.82) is 0 Å². The van der Waals surface area contributed by atoms with Crippen molar-refractivity contribution in [2.24, 2.45) is 0 Å². The Balaban J connectivity index is 1.79. The predicted octanol–water partition coefficient (Wildman–Crippen LogP) is 3.76. The van der Waals surface area contributed by atoms with Crippen LogP contribution < -0.4 is 9.47 Å². The first kappa shape index (κ1) is 20.1. The molecule has 0 aromatic heterocycles. The molecule has 1 aliphatic heterocycles. The van der Waals surface area contributed by atoms with Gasteiger partial charge >= 0.3 is 0 Å². The van der Waals surface area contributed by atoms with E-state index in [0.717, 1.165) is 5.56 Å². The van der Waals surface area contributed by atoms with Crippen molar-refractivity contribution in [2.75, 3.05) is 27.4 Å². The van der Waals surface area contributed by atoms with Gasteiger partial charge in [0.2, 0.25) is 5.91 Å². The highest BCUT2D eigenvalue weighted by Gasteiger charge is 2.39. The monoisotopic (exact) mass is 387 g/mol. The van der Waals surface area contributed by atoms with Crippen LogP contribution in [0.1, 0.15) is 31.1 Å². The first-order valence-corrected chi connectivity index (χ1v) is 9.23. The second-order valence-electron chi connectivity index (χ2n) is 7.50. The van der Waals surface area contributed by atoms with Gasteiger partial charge in [-0.2, -0.15) is 0 Å². The summed E-state index contributed by atoms with van der Waals surface area (Å²) >= 11 is 0. The summed E-state index contributed by atoms with van der Waals surface area (Å²) in [6.45, 7) is 4.55. The number of carbonyl (C=O) groups is 1. The second kappa shape index (κ2) is 8.19. The van der Waals surface area contributed by atoms with E-state index >= 15 is 0 Å². The van der Waals surface area contributed by atoms with Crippen LogP contribution in [0, 0.1) is 5.82 Å². The van der Waals surface area contributed by atoms with Gasteiger partial charge in [-0.25, -0.2) is 4.39 Å². The lowest BCUT2D eigenvalue weighted by molar-refractivity contribution is -0.154. The summed E-state index contributed by atoms with van der Waals surface area (Å²) < 4.78 is 30.6. The molecule has 2 aromatic carbocycles. The third-order valence-electron chi connectivity index (χ3n) is 5.07. The minimum absolute atomic E-state index is 0.0399. The Kier molecular flexibility index (Phi) is 5.89. The molecule has 0 saturated carbocycles. The highest BCUT2D eigenvalue weighted by molar-refractivity contribution is 5.80. The molecule has 28 heavy (non-hydrogen) atoms. The molecule has 3 rings (SSSR count). The summed E-state index contributed by atoms with van der Waals surface area (Å²) in [5.41, 5.74) is 0.823. The Labute approximate surface area is 165 Å². The molecule has 2 aromatic rings. The third kappa shape index (κ3) is 4.12. The molecule has 0 aliphatic carbocycles. The number of hydrogen-bond acceptors (Lipinski definition) is 4. The van der Waals surface area contributed by atoms with Crippen LogP contribution in [0.3, 0.4) is 0 Å². The van der Waals surface area contributed by atoms with Crippen LogP contribution in [0.15, 0.2) is 42.5 Å². The van der Waals surface area contributed by atoms with Gasteiger partial charge in [-0.1, -0.05) is 24.3 Å². The number of benzene rings is 2. The maximum atomic E-state index is 14.2. The van der Waals surface area contributed by atoms with Crippen molar-refractivity contribution < 1.29 is 23.4 Å². The predicted molar refractivity (Wildman–Crippen MR) is 104 cm³/mol. The second-order valence-corrected chi connectivity index (χ2v) is 7.50. The van der Waals surface area contributed by atoms with E-state index in [0.29, 0.717) is 30.2 Å². The highest BCUT2D eigenvalue weighted by Crippen LogP contribution is 2.33. The van der Waals surface area contributed by atoms with Crippen molar-refractivity contribution >= 4 is 5.91 Å². The number of morpholine rings is 1. The number of rotatable bonds is 5. The van der Waals surface area contributed by atoms with Gasteiger partial charge in [-0.3, -0.25) is 4.79 Å². The lowest BCUT2D eigenvalue weighted by Crippen LogP contribution is -2.56. The van der Waals surface area contributed by atoms with E-state index in [2.05, 4.69) is 0 Å². The van der Waals surface area contributed by atoms with Crippen LogP contribution in [-0.2, 0) is 16.0 Å². The number of halogens is 1. The Hall–Kier alpha value is -2.60. The topological polar surface area (TPSA) is 48.0 Å². The molecular formula is C22H26FNO4. The molecule has 150 valence electrons. The lowest BCUT2D eigenvalue weighted by atomic mass is 9.96. The maximum absolute atomic E-state index is 14.2.